The Bertz CT molecular complexity index is 988. The summed E-state index contributed by atoms with van der Waals surface area (Å²) in [6, 6.07) is 16.9. The van der Waals surface area contributed by atoms with Gasteiger partial charge < -0.3 is 20.0 Å². The molecule has 3 amide bonds. The molecule has 2 aromatic carbocycles. The summed E-state index contributed by atoms with van der Waals surface area (Å²) < 4.78 is 5.87. The largest absolute Gasteiger partial charge is 0.459 e. The SMILES string of the molecule is C[C@@H](c1cc2ccccc2o1)N(C)C(=O)NCc1ccc(NC(=O)C2CC2)cc1. The highest BCUT2D eigenvalue weighted by Gasteiger charge is 2.29. The van der Waals surface area contributed by atoms with Crippen molar-refractivity contribution in [1.29, 1.82) is 0 Å². The van der Waals surface area contributed by atoms with Crippen molar-refractivity contribution in [2.24, 2.45) is 5.92 Å². The number of amides is 3. The Morgan fingerprint density at radius 3 is 2.55 bits per heavy atom. The maximum atomic E-state index is 12.6. The summed E-state index contributed by atoms with van der Waals surface area (Å²) in [5.41, 5.74) is 2.57. The molecule has 29 heavy (non-hydrogen) atoms. The van der Waals surface area contributed by atoms with Gasteiger partial charge in [0.2, 0.25) is 5.91 Å². The molecule has 2 N–H and O–H groups in total. The third kappa shape index (κ3) is 4.42. The summed E-state index contributed by atoms with van der Waals surface area (Å²) in [6.45, 7) is 2.35. The van der Waals surface area contributed by atoms with Gasteiger partial charge in [-0.25, -0.2) is 4.79 Å². The van der Waals surface area contributed by atoms with E-state index >= 15 is 0 Å². The molecule has 0 unspecified atom stereocenters. The molecule has 0 bridgehead atoms. The molecule has 1 heterocycles. The van der Waals surface area contributed by atoms with Gasteiger partial charge in [0, 0.05) is 30.6 Å². The summed E-state index contributed by atoms with van der Waals surface area (Å²) in [7, 11) is 1.75. The summed E-state index contributed by atoms with van der Waals surface area (Å²) in [6.07, 6.45) is 1.96. The van der Waals surface area contributed by atoms with Gasteiger partial charge in [-0.2, -0.15) is 0 Å². The summed E-state index contributed by atoms with van der Waals surface area (Å²) in [5, 5.41) is 6.87. The average molecular weight is 391 g/mol. The number of benzene rings is 2. The predicted molar refractivity (Wildman–Crippen MR) is 112 cm³/mol. The first-order valence-corrected chi connectivity index (χ1v) is 9.90. The highest BCUT2D eigenvalue weighted by Crippen LogP contribution is 2.30. The van der Waals surface area contributed by atoms with E-state index < -0.39 is 0 Å². The number of hydrogen-bond acceptors (Lipinski definition) is 3. The number of nitrogens with one attached hydrogen (secondary N) is 2. The van der Waals surface area contributed by atoms with E-state index in [4.69, 9.17) is 4.42 Å². The molecular formula is C23H25N3O3. The van der Waals surface area contributed by atoms with Gasteiger partial charge >= 0.3 is 6.03 Å². The molecule has 0 saturated heterocycles. The molecule has 0 radical (unpaired) electrons. The molecule has 6 nitrogen and oxygen atoms in total. The summed E-state index contributed by atoms with van der Waals surface area (Å²) >= 11 is 0. The molecule has 1 atom stereocenters. The number of anilines is 1. The van der Waals surface area contributed by atoms with Crippen LogP contribution in [0.15, 0.2) is 59.0 Å². The molecule has 1 fully saturated rings. The van der Waals surface area contributed by atoms with Crippen molar-refractivity contribution in [3.63, 3.8) is 0 Å². The molecule has 1 aliphatic rings. The van der Waals surface area contributed by atoms with E-state index in [1.807, 2.05) is 61.5 Å². The van der Waals surface area contributed by atoms with E-state index in [1.165, 1.54) is 0 Å². The van der Waals surface area contributed by atoms with Crippen LogP contribution in [0.4, 0.5) is 10.5 Å². The van der Waals surface area contributed by atoms with Crippen molar-refractivity contribution in [2.45, 2.75) is 32.4 Å². The Kier molecular flexibility index (Phi) is 5.25. The van der Waals surface area contributed by atoms with Crippen LogP contribution in [0.1, 0.15) is 37.1 Å². The van der Waals surface area contributed by atoms with E-state index in [0.29, 0.717) is 6.54 Å². The molecule has 1 saturated carbocycles. The van der Waals surface area contributed by atoms with Crippen LogP contribution in [0, 0.1) is 5.92 Å². The second-order valence-electron chi connectivity index (χ2n) is 7.59. The van der Waals surface area contributed by atoms with Crippen molar-refractivity contribution in [1.82, 2.24) is 10.2 Å². The number of urea groups is 1. The third-order valence-electron chi connectivity index (χ3n) is 5.37. The molecule has 150 valence electrons. The van der Waals surface area contributed by atoms with Crippen molar-refractivity contribution < 1.29 is 14.0 Å². The predicted octanol–water partition coefficient (Wildman–Crippen LogP) is 4.68. The van der Waals surface area contributed by atoms with Crippen LogP contribution in [-0.4, -0.2) is 23.9 Å². The van der Waals surface area contributed by atoms with Crippen LogP contribution in [0.5, 0.6) is 0 Å². The topological polar surface area (TPSA) is 74.6 Å². The van der Waals surface area contributed by atoms with Gasteiger partial charge in [0.05, 0.1) is 6.04 Å². The standard InChI is InChI=1S/C23H25N3O3/c1-15(21-13-18-5-3-4-6-20(18)29-21)26(2)23(28)24-14-16-7-11-19(12-8-16)25-22(27)17-9-10-17/h3-8,11-13,15,17H,9-10,14H2,1-2H3,(H,24,28)(H,25,27)/t15-/m0/s1. The molecule has 1 aromatic heterocycles. The Morgan fingerprint density at radius 2 is 1.86 bits per heavy atom. The quantitative estimate of drug-likeness (QED) is 0.640. The molecule has 3 aromatic rings. The van der Waals surface area contributed by atoms with E-state index in [2.05, 4.69) is 10.6 Å². The molecular weight excluding hydrogens is 366 g/mol. The second-order valence-corrected chi connectivity index (χ2v) is 7.59. The van der Waals surface area contributed by atoms with Gasteiger partial charge in [-0.3, -0.25) is 4.79 Å². The molecule has 1 aliphatic carbocycles. The zero-order valence-corrected chi connectivity index (χ0v) is 16.6. The lowest BCUT2D eigenvalue weighted by Crippen LogP contribution is -2.38. The van der Waals surface area contributed by atoms with Gasteiger partial charge in [0.15, 0.2) is 0 Å². The minimum absolute atomic E-state index is 0.0900. The maximum Gasteiger partial charge on any atom is 0.318 e. The van der Waals surface area contributed by atoms with Crippen molar-refractivity contribution >= 4 is 28.6 Å². The Morgan fingerprint density at radius 1 is 1.14 bits per heavy atom. The Labute approximate surface area is 169 Å². The first-order valence-electron chi connectivity index (χ1n) is 9.90. The van der Waals surface area contributed by atoms with Crippen LogP contribution in [0.25, 0.3) is 11.0 Å². The molecule has 4 rings (SSSR count). The van der Waals surface area contributed by atoms with Gasteiger partial charge in [-0.1, -0.05) is 30.3 Å². The normalized spacial score (nSPS) is 14.4. The first kappa shape index (κ1) is 19.1. The second kappa shape index (κ2) is 7.99. The lowest BCUT2D eigenvalue weighted by Gasteiger charge is -2.23. The smallest absolute Gasteiger partial charge is 0.318 e. The zero-order chi connectivity index (χ0) is 20.4. The zero-order valence-electron chi connectivity index (χ0n) is 16.6. The van der Waals surface area contributed by atoms with Crippen LogP contribution < -0.4 is 10.6 Å². The van der Waals surface area contributed by atoms with Crippen molar-refractivity contribution in [3.05, 3.63) is 65.9 Å². The number of fused-ring (bicyclic) bond motifs is 1. The molecule has 0 spiro atoms. The fourth-order valence-electron chi connectivity index (χ4n) is 3.17. The lowest BCUT2D eigenvalue weighted by molar-refractivity contribution is -0.117. The van der Waals surface area contributed by atoms with E-state index in [-0.39, 0.29) is 23.9 Å². The van der Waals surface area contributed by atoms with Crippen LogP contribution in [0.3, 0.4) is 0 Å². The van der Waals surface area contributed by atoms with Crippen molar-refractivity contribution in [2.75, 3.05) is 12.4 Å². The number of hydrogen-bond donors (Lipinski definition) is 2. The van der Waals surface area contributed by atoms with Crippen molar-refractivity contribution in [3.8, 4) is 0 Å². The average Bonchev–Trinajstić information content (AvgIpc) is 3.50. The minimum Gasteiger partial charge on any atom is -0.459 e. The van der Waals surface area contributed by atoms with Gasteiger partial charge in [0.1, 0.15) is 11.3 Å². The monoisotopic (exact) mass is 391 g/mol. The number of furan rings is 1. The number of nitrogens with zero attached hydrogens (tertiary/aromatic N) is 1. The lowest BCUT2D eigenvalue weighted by atomic mass is 10.2. The van der Waals surface area contributed by atoms with Gasteiger partial charge in [-0.05, 0) is 49.6 Å². The number of para-hydroxylation sites is 1. The van der Waals surface area contributed by atoms with E-state index in [0.717, 1.165) is 40.8 Å². The molecule has 0 aliphatic heterocycles. The number of rotatable bonds is 6. The van der Waals surface area contributed by atoms with Crippen LogP contribution in [0.2, 0.25) is 0 Å². The number of carbonyl (C=O) groups excluding carboxylic acids is 2. The fraction of sp³-hybridized carbons (Fsp3) is 0.304. The van der Waals surface area contributed by atoms with E-state index in [1.54, 1.807) is 11.9 Å². The third-order valence-corrected chi connectivity index (χ3v) is 5.37. The summed E-state index contributed by atoms with van der Waals surface area (Å²) in [5.74, 6) is 1.02. The highest BCUT2D eigenvalue weighted by molar-refractivity contribution is 5.94. The fourth-order valence-corrected chi connectivity index (χ4v) is 3.17. The Balaban J connectivity index is 1.31. The Hall–Kier alpha value is -3.28. The highest BCUT2D eigenvalue weighted by atomic mass is 16.3. The molecule has 6 heteroatoms. The van der Waals surface area contributed by atoms with E-state index in [9.17, 15) is 9.59 Å². The minimum atomic E-state index is -0.192. The number of carbonyl (C=O) groups is 2. The maximum absolute atomic E-state index is 12.6. The van der Waals surface area contributed by atoms with Crippen LogP contribution in [-0.2, 0) is 11.3 Å². The van der Waals surface area contributed by atoms with Gasteiger partial charge in [-0.15, -0.1) is 0 Å². The summed E-state index contributed by atoms with van der Waals surface area (Å²) in [4.78, 5) is 26.0. The first-order chi connectivity index (χ1) is 14.0. The van der Waals surface area contributed by atoms with Gasteiger partial charge in [0.25, 0.3) is 0 Å². The van der Waals surface area contributed by atoms with Crippen LogP contribution >= 0.6 is 0 Å².